The summed E-state index contributed by atoms with van der Waals surface area (Å²) in [5, 5.41) is 16.0. The number of aromatic nitrogens is 1. The van der Waals surface area contributed by atoms with E-state index in [-0.39, 0.29) is 6.04 Å². The van der Waals surface area contributed by atoms with Crippen molar-refractivity contribution in [1.29, 1.82) is 0 Å². The zero-order valence-electron chi connectivity index (χ0n) is 13.7. The smallest absolute Gasteiger partial charge is 0.254 e. The van der Waals surface area contributed by atoms with E-state index in [0.29, 0.717) is 17.2 Å². The van der Waals surface area contributed by atoms with Crippen molar-refractivity contribution in [3.63, 3.8) is 0 Å². The summed E-state index contributed by atoms with van der Waals surface area (Å²) in [5.41, 5.74) is 1.31. The molecule has 0 bridgehead atoms. The number of hydrogen-bond donors (Lipinski definition) is 2. The Balaban J connectivity index is 2.04. The summed E-state index contributed by atoms with van der Waals surface area (Å²) in [7, 11) is 1.54. The SMILES string of the molecule is COc1cccc(C(O)C(=O)NC(C)c2csc(C(C)C)n2)c1. The minimum absolute atomic E-state index is 0.258. The van der Waals surface area contributed by atoms with Gasteiger partial charge in [0.15, 0.2) is 6.10 Å². The van der Waals surface area contributed by atoms with Gasteiger partial charge in [-0.15, -0.1) is 11.3 Å². The summed E-state index contributed by atoms with van der Waals surface area (Å²) in [5.74, 6) is 0.507. The summed E-state index contributed by atoms with van der Waals surface area (Å²) in [4.78, 5) is 16.8. The van der Waals surface area contributed by atoms with Crippen molar-refractivity contribution >= 4 is 17.2 Å². The molecule has 124 valence electrons. The average molecular weight is 334 g/mol. The van der Waals surface area contributed by atoms with Crippen LogP contribution in [0.1, 0.15) is 55.1 Å². The lowest BCUT2D eigenvalue weighted by Gasteiger charge is -2.16. The summed E-state index contributed by atoms with van der Waals surface area (Å²) in [6.07, 6.45) is -1.24. The van der Waals surface area contributed by atoms with Gasteiger partial charge in [-0.3, -0.25) is 4.79 Å². The number of benzene rings is 1. The first-order chi connectivity index (χ1) is 10.9. The Hall–Kier alpha value is -1.92. The third-order valence-corrected chi connectivity index (χ3v) is 4.66. The standard InChI is InChI=1S/C17H22N2O3S/c1-10(2)17-19-14(9-23-17)11(3)18-16(21)15(20)12-6-5-7-13(8-12)22-4/h5-11,15,20H,1-4H3,(H,18,21). The van der Waals surface area contributed by atoms with Gasteiger partial charge in [-0.05, 0) is 24.6 Å². The van der Waals surface area contributed by atoms with Crippen molar-refractivity contribution < 1.29 is 14.6 Å². The molecule has 0 radical (unpaired) electrons. The van der Waals surface area contributed by atoms with Crippen LogP contribution in [-0.4, -0.2) is 23.1 Å². The van der Waals surface area contributed by atoms with E-state index in [1.807, 2.05) is 12.3 Å². The van der Waals surface area contributed by atoms with Gasteiger partial charge in [0, 0.05) is 11.3 Å². The van der Waals surface area contributed by atoms with E-state index < -0.39 is 12.0 Å². The predicted octanol–water partition coefficient (Wildman–Crippen LogP) is 3.19. The number of carbonyl (C=O) groups is 1. The number of amides is 1. The fourth-order valence-electron chi connectivity index (χ4n) is 2.09. The molecule has 6 heteroatoms. The van der Waals surface area contributed by atoms with E-state index in [1.54, 1.807) is 42.7 Å². The normalized spacial score (nSPS) is 13.7. The molecule has 0 fully saturated rings. The molecule has 2 rings (SSSR count). The quantitative estimate of drug-likeness (QED) is 0.851. The van der Waals surface area contributed by atoms with Gasteiger partial charge in [0.05, 0.1) is 23.9 Å². The highest BCUT2D eigenvalue weighted by molar-refractivity contribution is 7.09. The van der Waals surface area contributed by atoms with E-state index >= 15 is 0 Å². The van der Waals surface area contributed by atoms with Crippen molar-refractivity contribution in [2.75, 3.05) is 7.11 Å². The van der Waals surface area contributed by atoms with Gasteiger partial charge < -0.3 is 15.2 Å². The maximum atomic E-state index is 12.2. The number of aliphatic hydroxyl groups excluding tert-OH is 1. The first kappa shape index (κ1) is 17.4. The molecule has 0 aliphatic heterocycles. The molecule has 0 aliphatic rings. The molecule has 5 nitrogen and oxygen atoms in total. The second-order valence-electron chi connectivity index (χ2n) is 5.67. The molecule has 0 spiro atoms. The van der Waals surface area contributed by atoms with Crippen LogP contribution in [0.3, 0.4) is 0 Å². The third-order valence-electron chi connectivity index (χ3n) is 3.49. The van der Waals surface area contributed by atoms with Crippen LogP contribution in [0.5, 0.6) is 5.75 Å². The predicted molar refractivity (Wildman–Crippen MR) is 90.7 cm³/mol. The summed E-state index contributed by atoms with van der Waals surface area (Å²) < 4.78 is 5.11. The summed E-state index contributed by atoms with van der Waals surface area (Å²) >= 11 is 1.58. The lowest BCUT2D eigenvalue weighted by atomic mass is 10.1. The lowest BCUT2D eigenvalue weighted by molar-refractivity contribution is -0.130. The first-order valence-corrected chi connectivity index (χ1v) is 8.38. The third kappa shape index (κ3) is 4.30. The van der Waals surface area contributed by atoms with E-state index in [9.17, 15) is 9.90 Å². The number of methoxy groups -OCH3 is 1. The minimum atomic E-state index is -1.24. The molecule has 2 aromatic rings. The van der Waals surface area contributed by atoms with Crippen LogP contribution >= 0.6 is 11.3 Å². The Morgan fingerprint density at radius 1 is 1.35 bits per heavy atom. The lowest BCUT2D eigenvalue weighted by Crippen LogP contribution is -2.31. The zero-order valence-corrected chi connectivity index (χ0v) is 14.6. The maximum Gasteiger partial charge on any atom is 0.254 e. The number of nitrogens with zero attached hydrogens (tertiary/aromatic N) is 1. The maximum absolute atomic E-state index is 12.2. The fourth-order valence-corrected chi connectivity index (χ4v) is 3.02. The molecular formula is C17H22N2O3S. The van der Waals surface area contributed by atoms with Gasteiger partial charge >= 0.3 is 0 Å². The number of carbonyl (C=O) groups excluding carboxylic acids is 1. The number of ether oxygens (including phenoxy) is 1. The van der Waals surface area contributed by atoms with E-state index in [4.69, 9.17) is 4.74 Å². The van der Waals surface area contributed by atoms with Crippen molar-refractivity contribution in [2.45, 2.75) is 38.8 Å². The van der Waals surface area contributed by atoms with Crippen molar-refractivity contribution in [1.82, 2.24) is 10.3 Å². The Kier molecular flexibility index (Phi) is 5.74. The zero-order chi connectivity index (χ0) is 17.0. The van der Waals surface area contributed by atoms with Crippen LogP contribution in [0.4, 0.5) is 0 Å². The topological polar surface area (TPSA) is 71.5 Å². The van der Waals surface area contributed by atoms with E-state index in [0.717, 1.165) is 10.7 Å². The van der Waals surface area contributed by atoms with E-state index in [1.165, 1.54) is 0 Å². The Morgan fingerprint density at radius 3 is 2.70 bits per heavy atom. The number of thiazole rings is 1. The highest BCUT2D eigenvalue weighted by Crippen LogP contribution is 2.24. The molecule has 0 saturated heterocycles. The van der Waals surface area contributed by atoms with Gasteiger partial charge in [-0.25, -0.2) is 4.98 Å². The van der Waals surface area contributed by atoms with Gasteiger partial charge in [-0.2, -0.15) is 0 Å². The monoisotopic (exact) mass is 334 g/mol. The van der Waals surface area contributed by atoms with Crippen LogP contribution in [0.25, 0.3) is 0 Å². The van der Waals surface area contributed by atoms with Crippen molar-refractivity contribution in [3.05, 3.63) is 45.9 Å². The second kappa shape index (κ2) is 7.57. The van der Waals surface area contributed by atoms with Crippen LogP contribution in [-0.2, 0) is 4.79 Å². The van der Waals surface area contributed by atoms with Crippen LogP contribution < -0.4 is 10.1 Å². The summed E-state index contributed by atoms with van der Waals surface area (Å²) in [6, 6.07) is 6.58. The Bertz CT molecular complexity index is 669. The molecule has 1 aromatic carbocycles. The molecule has 1 aromatic heterocycles. The number of nitrogens with one attached hydrogen (secondary N) is 1. The molecule has 2 atom stereocenters. The molecule has 23 heavy (non-hydrogen) atoms. The van der Waals surface area contributed by atoms with Crippen LogP contribution in [0.15, 0.2) is 29.6 Å². The van der Waals surface area contributed by atoms with Crippen LogP contribution in [0, 0.1) is 0 Å². The van der Waals surface area contributed by atoms with Crippen molar-refractivity contribution in [2.24, 2.45) is 0 Å². The first-order valence-electron chi connectivity index (χ1n) is 7.50. The van der Waals surface area contributed by atoms with Gasteiger partial charge in [-0.1, -0.05) is 26.0 Å². The largest absolute Gasteiger partial charge is 0.497 e. The number of rotatable bonds is 6. The Labute approximate surface area is 140 Å². The Morgan fingerprint density at radius 2 is 2.09 bits per heavy atom. The molecule has 0 saturated carbocycles. The molecule has 1 heterocycles. The average Bonchev–Trinajstić information content (AvgIpc) is 3.04. The molecule has 0 aliphatic carbocycles. The molecule has 2 N–H and O–H groups in total. The molecular weight excluding hydrogens is 312 g/mol. The van der Waals surface area contributed by atoms with Gasteiger partial charge in [0.2, 0.25) is 0 Å². The van der Waals surface area contributed by atoms with Gasteiger partial charge in [0.25, 0.3) is 5.91 Å². The van der Waals surface area contributed by atoms with E-state index in [2.05, 4.69) is 24.1 Å². The number of aliphatic hydroxyl groups is 1. The highest BCUT2D eigenvalue weighted by Gasteiger charge is 2.21. The highest BCUT2D eigenvalue weighted by atomic mass is 32.1. The minimum Gasteiger partial charge on any atom is -0.497 e. The summed E-state index contributed by atoms with van der Waals surface area (Å²) in [6.45, 7) is 6.02. The fraction of sp³-hybridized carbons (Fsp3) is 0.412. The number of hydrogen-bond acceptors (Lipinski definition) is 5. The molecule has 2 unspecified atom stereocenters. The molecule has 1 amide bonds. The second-order valence-corrected chi connectivity index (χ2v) is 6.56. The van der Waals surface area contributed by atoms with Crippen LogP contribution in [0.2, 0.25) is 0 Å². The van der Waals surface area contributed by atoms with Crippen molar-refractivity contribution in [3.8, 4) is 5.75 Å². The van der Waals surface area contributed by atoms with Gasteiger partial charge in [0.1, 0.15) is 5.75 Å².